The predicted octanol–water partition coefficient (Wildman–Crippen LogP) is 5.72. The molecular weight excluding hydrogens is 348 g/mol. The highest BCUT2D eigenvalue weighted by Gasteiger charge is 2.08. The highest BCUT2D eigenvalue weighted by atomic mass is 16.5. The molecule has 0 spiro atoms. The lowest BCUT2D eigenvalue weighted by Crippen LogP contribution is -2.00. The lowest BCUT2D eigenvalue weighted by Gasteiger charge is -2.11. The van der Waals surface area contributed by atoms with E-state index in [2.05, 4.69) is 22.3 Å². The smallest absolute Gasteiger partial charge is 0.129 e. The van der Waals surface area contributed by atoms with Crippen LogP contribution < -0.4 is 4.74 Å². The summed E-state index contributed by atoms with van der Waals surface area (Å²) in [6.45, 7) is 8.08. The highest BCUT2D eigenvalue weighted by molar-refractivity contribution is 5.45. The summed E-state index contributed by atoms with van der Waals surface area (Å²) >= 11 is 0. The van der Waals surface area contributed by atoms with Crippen molar-refractivity contribution in [3.8, 4) is 22.9 Å². The summed E-state index contributed by atoms with van der Waals surface area (Å²) in [5, 5.41) is 9.09. The summed E-state index contributed by atoms with van der Waals surface area (Å²) in [6, 6.07) is 20.0. The second-order valence-electron chi connectivity index (χ2n) is 6.77. The Labute approximate surface area is 166 Å². The average Bonchev–Trinajstić information content (AvgIpc) is 3.15. The Bertz CT molecular complexity index is 1020. The van der Waals surface area contributed by atoms with Gasteiger partial charge in [0.05, 0.1) is 22.8 Å². The minimum Gasteiger partial charge on any atom is -0.457 e. The zero-order valence-electron chi connectivity index (χ0n) is 16.0. The van der Waals surface area contributed by atoms with E-state index in [1.807, 2.05) is 85.6 Å². The second kappa shape index (κ2) is 7.72. The van der Waals surface area contributed by atoms with Gasteiger partial charge in [0.15, 0.2) is 0 Å². The molecule has 144 valence electrons. The van der Waals surface area contributed by atoms with Crippen LogP contribution in [-0.4, -0.2) is 19.6 Å². The van der Waals surface area contributed by atoms with E-state index in [1.165, 1.54) is 0 Å². The number of aromatic nitrogens is 4. The standard InChI is InChI=1S/C22H22N4O.CH4/c1-15-11-17(3)25(23-15)19-7-5-9-21(13-19)27-22-10-6-8-20(14-22)26-18(4)12-16(2)24-26;/h5-14H,1-4H3;1H4. The van der Waals surface area contributed by atoms with Gasteiger partial charge in [-0.3, -0.25) is 0 Å². The van der Waals surface area contributed by atoms with Gasteiger partial charge in [-0.25, -0.2) is 9.36 Å². The zero-order valence-corrected chi connectivity index (χ0v) is 16.0. The Morgan fingerprint density at radius 1 is 0.643 bits per heavy atom. The minimum absolute atomic E-state index is 0. The van der Waals surface area contributed by atoms with Gasteiger partial charge in [-0.1, -0.05) is 19.6 Å². The Morgan fingerprint density at radius 3 is 1.43 bits per heavy atom. The molecule has 28 heavy (non-hydrogen) atoms. The van der Waals surface area contributed by atoms with E-state index in [0.717, 1.165) is 45.6 Å². The fourth-order valence-electron chi connectivity index (χ4n) is 3.27. The van der Waals surface area contributed by atoms with E-state index in [9.17, 15) is 0 Å². The van der Waals surface area contributed by atoms with Gasteiger partial charge in [0, 0.05) is 23.5 Å². The van der Waals surface area contributed by atoms with Crippen LogP contribution in [0.2, 0.25) is 0 Å². The molecule has 5 nitrogen and oxygen atoms in total. The zero-order chi connectivity index (χ0) is 19.0. The molecule has 0 unspecified atom stereocenters. The van der Waals surface area contributed by atoms with Gasteiger partial charge >= 0.3 is 0 Å². The predicted molar refractivity (Wildman–Crippen MR) is 113 cm³/mol. The molecule has 2 aromatic heterocycles. The minimum atomic E-state index is 0. The molecule has 0 amide bonds. The number of benzene rings is 2. The van der Waals surface area contributed by atoms with Crippen LogP contribution in [0.5, 0.6) is 11.5 Å². The Kier molecular flexibility index (Phi) is 5.36. The van der Waals surface area contributed by atoms with E-state index < -0.39 is 0 Å². The maximum atomic E-state index is 6.11. The lowest BCUT2D eigenvalue weighted by molar-refractivity contribution is 0.481. The molecule has 0 aliphatic rings. The molecule has 2 heterocycles. The molecule has 0 atom stereocenters. The van der Waals surface area contributed by atoms with Gasteiger partial charge in [-0.2, -0.15) is 10.2 Å². The molecule has 0 fully saturated rings. The maximum absolute atomic E-state index is 6.11. The van der Waals surface area contributed by atoms with Crippen molar-refractivity contribution in [1.29, 1.82) is 0 Å². The van der Waals surface area contributed by atoms with Crippen LogP contribution in [-0.2, 0) is 0 Å². The van der Waals surface area contributed by atoms with E-state index >= 15 is 0 Å². The first-order valence-corrected chi connectivity index (χ1v) is 8.95. The third-order valence-electron chi connectivity index (χ3n) is 4.38. The summed E-state index contributed by atoms with van der Waals surface area (Å²) in [5.74, 6) is 1.54. The summed E-state index contributed by atoms with van der Waals surface area (Å²) in [4.78, 5) is 0. The van der Waals surface area contributed by atoms with Crippen molar-refractivity contribution < 1.29 is 4.74 Å². The molecule has 2 aromatic carbocycles. The van der Waals surface area contributed by atoms with Crippen LogP contribution in [0.4, 0.5) is 0 Å². The summed E-state index contributed by atoms with van der Waals surface area (Å²) in [6.07, 6.45) is 0. The number of ether oxygens (including phenoxy) is 1. The molecule has 0 saturated carbocycles. The van der Waals surface area contributed by atoms with Gasteiger partial charge in [0.2, 0.25) is 0 Å². The number of hydrogen-bond donors (Lipinski definition) is 0. The monoisotopic (exact) mass is 374 g/mol. The highest BCUT2D eigenvalue weighted by Crippen LogP contribution is 2.26. The van der Waals surface area contributed by atoms with Gasteiger partial charge in [0.25, 0.3) is 0 Å². The fraction of sp³-hybridized carbons (Fsp3) is 0.217. The topological polar surface area (TPSA) is 44.9 Å². The van der Waals surface area contributed by atoms with Crippen LogP contribution in [0.15, 0.2) is 60.7 Å². The third kappa shape index (κ3) is 3.83. The Morgan fingerprint density at radius 2 is 1.07 bits per heavy atom. The Balaban J connectivity index is 0.00000225. The van der Waals surface area contributed by atoms with Crippen molar-refractivity contribution in [3.05, 3.63) is 83.4 Å². The van der Waals surface area contributed by atoms with Gasteiger partial charge < -0.3 is 4.74 Å². The molecule has 0 aliphatic heterocycles. The SMILES string of the molecule is C.Cc1cc(C)n(-c2cccc(Oc3cccc(-n4nc(C)cc4C)c3)c2)n1. The first-order chi connectivity index (χ1) is 13.0. The lowest BCUT2D eigenvalue weighted by atomic mass is 10.2. The number of rotatable bonds is 4. The van der Waals surface area contributed by atoms with E-state index in [1.54, 1.807) is 0 Å². The second-order valence-corrected chi connectivity index (χ2v) is 6.77. The van der Waals surface area contributed by atoms with Crippen molar-refractivity contribution in [2.75, 3.05) is 0 Å². The van der Waals surface area contributed by atoms with Crippen LogP contribution >= 0.6 is 0 Å². The molecule has 0 radical (unpaired) electrons. The molecule has 0 saturated heterocycles. The molecular formula is C23H26N4O. The van der Waals surface area contributed by atoms with Gasteiger partial charge in [-0.15, -0.1) is 0 Å². The molecule has 0 aliphatic carbocycles. The van der Waals surface area contributed by atoms with Crippen LogP contribution in [0.25, 0.3) is 11.4 Å². The van der Waals surface area contributed by atoms with Crippen molar-refractivity contribution >= 4 is 0 Å². The fourth-order valence-corrected chi connectivity index (χ4v) is 3.27. The molecule has 4 aromatic rings. The first-order valence-electron chi connectivity index (χ1n) is 8.95. The molecule has 4 rings (SSSR count). The maximum Gasteiger partial charge on any atom is 0.129 e. The molecule has 0 bridgehead atoms. The van der Waals surface area contributed by atoms with E-state index in [0.29, 0.717) is 0 Å². The number of nitrogens with zero attached hydrogens (tertiary/aromatic N) is 4. The van der Waals surface area contributed by atoms with Crippen molar-refractivity contribution in [2.24, 2.45) is 0 Å². The van der Waals surface area contributed by atoms with Crippen LogP contribution in [0.1, 0.15) is 30.2 Å². The largest absolute Gasteiger partial charge is 0.457 e. The Hall–Kier alpha value is -3.34. The van der Waals surface area contributed by atoms with E-state index in [4.69, 9.17) is 4.74 Å². The summed E-state index contributed by atoms with van der Waals surface area (Å²) in [7, 11) is 0. The van der Waals surface area contributed by atoms with Crippen molar-refractivity contribution in [3.63, 3.8) is 0 Å². The van der Waals surface area contributed by atoms with E-state index in [-0.39, 0.29) is 7.43 Å². The summed E-state index contributed by atoms with van der Waals surface area (Å²) < 4.78 is 9.96. The first kappa shape index (κ1) is 19.4. The number of aryl methyl sites for hydroxylation is 4. The quantitative estimate of drug-likeness (QED) is 0.459. The molecule has 5 heteroatoms. The van der Waals surface area contributed by atoms with Crippen molar-refractivity contribution in [1.82, 2.24) is 19.6 Å². The third-order valence-corrected chi connectivity index (χ3v) is 4.38. The average molecular weight is 374 g/mol. The van der Waals surface area contributed by atoms with Gasteiger partial charge in [0.1, 0.15) is 11.5 Å². The van der Waals surface area contributed by atoms with Crippen molar-refractivity contribution in [2.45, 2.75) is 35.1 Å². The van der Waals surface area contributed by atoms with Gasteiger partial charge in [-0.05, 0) is 64.1 Å². The molecule has 0 N–H and O–H groups in total. The number of hydrogen-bond acceptors (Lipinski definition) is 3. The van der Waals surface area contributed by atoms with Crippen LogP contribution in [0.3, 0.4) is 0 Å². The summed E-state index contributed by atoms with van der Waals surface area (Å²) in [5.41, 5.74) is 6.14. The van der Waals surface area contributed by atoms with Crippen LogP contribution in [0, 0.1) is 27.7 Å². The normalized spacial score (nSPS) is 10.6.